The summed E-state index contributed by atoms with van der Waals surface area (Å²) in [5.74, 6) is -1.16. The Hall–Kier alpha value is -1.57. The Balaban J connectivity index is 2.69. The average Bonchev–Trinajstić information content (AvgIpc) is 2.49. The molecule has 0 aliphatic rings. The maximum Gasteiger partial charge on any atom is 0.412 e. The SMILES string of the molecule is Cn1nccc1NC(=O)C(N)C(F)(F)F. The summed E-state index contributed by atoms with van der Waals surface area (Å²) in [4.78, 5) is 11.0. The Morgan fingerprint density at radius 2 is 2.27 bits per heavy atom. The van der Waals surface area contributed by atoms with Gasteiger partial charge in [-0.1, -0.05) is 0 Å². The summed E-state index contributed by atoms with van der Waals surface area (Å²) in [6, 6.07) is -1.17. The van der Waals surface area contributed by atoms with Crippen LogP contribution >= 0.6 is 0 Å². The van der Waals surface area contributed by atoms with Crippen molar-refractivity contribution in [3.63, 3.8) is 0 Å². The van der Waals surface area contributed by atoms with E-state index < -0.39 is 18.1 Å². The van der Waals surface area contributed by atoms with E-state index in [0.29, 0.717) is 0 Å². The van der Waals surface area contributed by atoms with Crippen LogP contribution in [0.4, 0.5) is 19.0 Å². The molecule has 1 aromatic heterocycles. The van der Waals surface area contributed by atoms with Gasteiger partial charge in [-0.3, -0.25) is 9.48 Å². The zero-order chi connectivity index (χ0) is 11.6. The third kappa shape index (κ3) is 2.69. The van der Waals surface area contributed by atoms with Crippen LogP contribution in [0.25, 0.3) is 0 Å². The largest absolute Gasteiger partial charge is 0.412 e. The Morgan fingerprint density at radius 1 is 1.67 bits per heavy atom. The molecule has 0 spiro atoms. The molecule has 0 saturated heterocycles. The van der Waals surface area contributed by atoms with Gasteiger partial charge in [0.15, 0.2) is 6.04 Å². The van der Waals surface area contributed by atoms with Gasteiger partial charge < -0.3 is 11.1 Å². The van der Waals surface area contributed by atoms with Crippen molar-refractivity contribution < 1.29 is 18.0 Å². The van der Waals surface area contributed by atoms with Crippen LogP contribution in [0.15, 0.2) is 12.3 Å². The molecule has 1 atom stereocenters. The molecular formula is C7H9F3N4O. The van der Waals surface area contributed by atoms with Crippen molar-refractivity contribution in [2.45, 2.75) is 12.2 Å². The lowest BCUT2D eigenvalue weighted by atomic mass is 10.3. The molecule has 0 fully saturated rings. The number of hydrogen-bond donors (Lipinski definition) is 2. The first-order valence-electron chi connectivity index (χ1n) is 3.93. The fourth-order valence-corrected chi connectivity index (χ4v) is 0.849. The number of aryl methyl sites for hydroxylation is 1. The molecule has 0 aliphatic heterocycles. The number of rotatable bonds is 2. The molecular weight excluding hydrogens is 213 g/mol. The zero-order valence-electron chi connectivity index (χ0n) is 7.75. The molecule has 1 heterocycles. The summed E-state index contributed by atoms with van der Waals surface area (Å²) in [5.41, 5.74) is 4.69. The number of amides is 1. The van der Waals surface area contributed by atoms with Crippen LogP contribution in [-0.2, 0) is 11.8 Å². The summed E-state index contributed by atoms with van der Waals surface area (Å²) < 4.78 is 37.3. The van der Waals surface area contributed by atoms with E-state index >= 15 is 0 Å². The summed E-state index contributed by atoms with van der Waals surface area (Å²) in [7, 11) is 1.48. The highest BCUT2D eigenvalue weighted by atomic mass is 19.4. The highest BCUT2D eigenvalue weighted by Gasteiger charge is 2.42. The van der Waals surface area contributed by atoms with Crippen LogP contribution in [0.1, 0.15) is 0 Å². The third-order valence-corrected chi connectivity index (χ3v) is 1.71. The van der Waals surface area contributed by atoms with Gasteiger partial charge in [-0.05, 0) is 0 Å². The van der Waals surface area contributed by atoms with E-state index in [-0.39, 0.29) is 5.82 Å². The quantitative estimate of drug-likeness (QED) is 0.753. The molecule has 0 aliphatic carbocycles. The number of nitrogens with two attached hydrogens (primary N) is 1. The van der Waals surface area contributed by atoms with E-state index in [0.717, 1.165) is 0 Å². The summed E-state index contributed by atoms with van der Waals surface area (Å²) in [6.45, 7) is 0. The molecule has 1 unspecified atom stereocenters. The van der Waals surface area contributed by atoms with Crippen LogP contribution in [0.3, 0.4) is 0 Å². The fourth-order valence-electron chi connectivity index (χ4n) is 0.849. The van der Waals surface area contributed by atoms with Crippen LogP contribution in [0.2, 0.25) is 0 Å². The molecule has 1 aromatic rings. The van der Waals surface area contributed by atoms with Crippen LogP contribution in [-0.4, -0.2) is 27.9 Å². The second kappa shape index (κ2) is 3.89. The highest BCUT2D eigenvalue weighted by Crippen LogP contribution is 2.19. The van der Waals surface area contributed by atoms with E-state index in [1.807, 2.05) is 5.32 Å². The predicted octanol–water partition coefficient (Wildman–Crippen LogP) is 0.248. The van der Waals surface area contributed by atoms with Crippen molar-refractivity contribution >= 4 is 11.7 Å². The molecule has 0 saturated carbocycles. The topological polar surface area (TPSA) is 72.9 Å². The molecule has 1 rings (SSSR count). The van der Waals surface area contributed by atoms with Gasteiger partial charge in [0.05, 0.1) is 6.20 Å². The van der Waals surface area contributed by atoms with Gasteiger partial charge in [0.2, 0.25) is 0 Å². The van der Waals surface area contributed by atoms with Crippen molar-refractivity contribution in [1.29, 1.82) is 0 Å². The molecule has 8 heteroatoms. The molecule has 84 valence electrons. The normalized spacial score (nSPS) is 13.7. The van der Waals surface area contributed by atoms with Crippen LogP contribution < -0.4 is 11.1 Å². The van der Waals surface area contributed by atoms with E-state index in [1.165, 1.54) is 24.0 Å². The van der Waals surface area contributed by atoms with Gasteiger partial charge in [-0.15, -0.1) is 0 Å². The van der Waals surface area contributed by atoms with Gasteiger partial charge in [-0.25, -0.2) is 0 Å². The maximum atomic E-state index is 12.0. The number of hydrogen-bond acceptors (Lipinski definition) is 3. The number of carbonyl (C=O) groups excluding carboxylic acids is 1. The number of carbonyl (C=O) groups is 1. The van der Waals surface area contributed by atoms with Crippen molar-refractivity contribution in [2.24, 2.45) is 12.8 Å². The third-order valence-electron chi connectivity index (χ3n) is 1.71. The lowest BCUT2D eigenvalue weighted by Gasteiger charge is -2.14. The zero-order valence-corrected chi connectivity index (χ0v) is 7.75. The first-order chi connectivity index (χ1) is 6.82. The van der Waals surface area contributed by atoms with E-state index in [4.69, 9.17) is 5.73 Å². The molecule has 1 amide bonds. The van der Waals surface area contributed by atoms with Crippen LogP contribution in [0.5, 0.6) is 0 Å². The number of nitrogens with one attached hydrogen (secondary N) is 1. The Kier molecular flexibility index (Phi) is 2.98. The number of anilines is 1. The second-order valence-electron chi connectivity index (χ2n) is 2.85. The van der Waals surface area contributed by atoms with Gasteiger partial charge >= 0.3 is 6.18 Å². The minimum atomic E-state index is -4.75. The van der Waals surface area contributed by atoms with Crippen molar-refractivity contribution in [3.05, 3.63) is 12.3 Å². The summed E-state index contributed by atoms with van der Waals surface area (Å²) in [5, 5.41) is 5.68. The monoisotopic (exact) mass is 222 g/mol. The summed E-state index contributed by atoms with van der Waals surface area (Å²) >= 11 is 0. The Morgan fingerprint density at radius 3 is 2.67 bits per heavy atom. The number of halogens is 3. The lowest BCUT2D eigenvalue weighted by Crippen LogP contribution is -2.47. The Labute approximate surface area is 83.0 Å². The van der Waals surface area contributed by atoms with E-state index in [9.17, 15) is 18.0 Å². The predicted molar refractivity (Wildman–Crippen MR) is 45.9 cm³/mol. The maximum absolute atomic E-state index is 12.0. The first-order valence-corrected chi connectivity index (χ1v) is 3.93. The number of nitrogens with zero attached hydrogens (tertiary/aromatic N) is 2. The Bertz CT molecular complexity index is 359. The minimum absolute atomic E-state index is 0.153. The standard InChI is InChI=1S/C7H9F3N4O/c1-14-4(2-3-12-14)13-6(15)5(11)7(8,9)10/h2-3,5H,11H2,1H3,(H,13,15). The van der Waals surface area contributed by atoms with Gasteiger partial charge in [0.1, 0.15) is 5.82 Å². The van der Waals surface area contributed by atoms with Crippen molar-refractivity contribution in [3.8, 4) is 0 Å². The van der Waals surface area contributed by atoms with E-state index in [1.54, 1.807) is 0 Å². The average molecular weight is 222 g/mol. The second-order valence-corrected chi connectivity index (χ2v) is 2.85. The molecule has 0 aromatic carbocycles. The number of aromatic nitrogens is 2. The fraction of sp³-hybridized carbons (Fsp3) is 0.429. The van der Waals surface area contributed by atoms with Gasteiger partial charge in [0.25, 0.3) is 5.91 Å². The molecule has 0 radical (unpaired) electrons. The molecule has 5 nitrogen and oxygen atoms in total. The molecule has 3 N–H and O–H groups in total. The molecule has 0 bridgehead atoms. The highest BCUT2D eigenvalue weighted by molar-refractivity contribution is 5.94. The smallest absolute Gasteiger partial charge is 0.312 e. The van der Waals surface area contributed by atoms with Crippen molar-refractivity contribution in [2.75, 3.05) is 5.32 Å². The van der Waals surface area contributed by atoms with Gasteiger partial charge in [0, 0.05) is 13.1 Å². The number of alkyl halides is 3. The van der Waals surface area contributed by atoms with Gasteiger partial charge in [-0.2, -0.15) is 18.3 Å². The van der Waals surface area contributed by atoms with E-state index in [2.05, 4.69) is 5.10 Å². The summed E-state index contributed by atoms with van der Waals surface area (Å²) in [6.07, 6.45) is -3.41. The lowest BCUT2D eigenvalue weighted by molar-refractivity contribution is -0.159. The molecule has 15 heavy (non-hydrogen) atoms. The minimum Gasteiger partial charge on any atom is -0.312 e. The van der Waals surface area contributed by atoms with Crippen molar-refractivity contribution in [1.82, 2.24) is 9.78 Å². The van der Waals surface area contributed by atoms with Crippen LogP contribution in [0, 0.1) is 0 Å². The first kappa shape index (κ1) is 11.5.